The van der Waals surface area contributed by atoms with Gasteiger partial charge in [0.1, 0.15) is 11.9 Å². The molecule has 1 fully saturated rings. The lowest BCUT2D eigenvalue weighted by Gasteiger charge is -2.32. The van der Waals surface area contributed by atoms with Crippen LogP contribution in [0.15, 0.2) is 72.3 Å². The SMILES string of the molecule is C/C=C/C1=Cc2nc(C(F)(F)C(F)(F)F)n(-c3ccc(OC4CCN(Cc5ccnnc5)CC4)cc3)c2C(C)=C=C1. The summed E-state index contributed by atoms with van der Waals surface area (Å²) in [6.45, 7) is 5.79. The summed E-state index contributed by atoms with van der Waals surface area (Å²) in [5, 5.41) is 7.70. The Morgan fingerprint density at radius 3 is 2.41 bits per heavy atom. The van der Waals surface area contributed by atoms with E-state index in [1.54, 1.807) is 56.6 Å². The molecule has 0 N–H and O–H groups in total. The summed E-state index contributed by atoms with van der Waals surface area (Å²) >= 11 is 0. The Morgan fingerprint density at radius 1 is 1.05 bits per heavy atom. The highest BCUT2D eigenvalue weighted by molar-refractivity contribution is 5.76. The number of hydrogen-bond acceptors (Lipinski definition) is 5. The van der Waals surface area contributed by atoms with Gasteiger partial charge in [0, 0.05) is 37.1 Å². The van der Waals surface area contributed by atoms with Crippen LogP contribution in [0.3, 0.4) is 0 Å². The molecule has 5 rings (SSSR count). The number of benzene rings is 1. The van der Waals surface area contributed by atoms with Crippen molar-refractivity contribution in [2.75, 3.05) is 13.1 Å². The van der Waals surface area contributed by atoms with Gasteiger partial charge in [0.25, 0.3) is 0 Å². The zero-order chi connectivity index (χ0) is 29.2. The molecule has 41 heavy (non-hydrogen) atoms. The van der Waals surface area contributed by atoms with E-state index in [1.807, 2.05) is 6.07 Å². The smallest absolute Gasteiger partial charge is 0.461 e. The molecule has 1 aliphatic carbocycles. The third-order valence-corrected chi connectivity index (χ3v) is 7.00. The summed E-state index contributed by atoms with van der Waals surface area (Å²) < 4.78 is 77.2. The number of hydrogen-bond donors (Lipinski definition) is 0. The van der Waals surface area contributed by atoms with Gasteiger partial charge in [0.2, 0.25) is 0 Å². The van der Waals surface area contributed by atoms with Crippen molar-refractivity contribution in [2.24, 2.45) is 0 Å². The van der Waals surface area contributed by atoms with Crippen molar-refractivity contribution < 1.29 is 26.7 Å². The summed E-state index contributed by atoms with van der Waals surface area (Å²) in [5.74, 6) is -6.09. The van der Waals surface area contributed by atoms with Crippen molar-refractivity contribution in [1.82, 2.24) is 24.6 Å². The molecule has 214 valence electrons. The van der Waals surface area contributed by atoms with Gasteiger partial charge < -0.3 is 4.74 Å². The van der Waals surface area contributed by atoms with Crippen molar-refractivity contribution in [3.63, 3.8) is 0 Å². The molecule has 6 nitrogen and oxygen atoms in total. The Hall–Kier alpha value is -4.08. The maximum atomic E-state index is 14.8. The minimum absolute atomic E-state index is 0.00501. The number of halogens is 5. The quantitative estimate of drug-likeness (QED) is 0.229. The van der Waals surface area contributed by atoms with Crippen molar-refractivity contribution in [2.45, 2.75) is 51.4 Å². The maximum Gasteiger partial charge on any atom is 0.461 e. The lowest BCUT2D eigenvalue weighted by molar-refractivity contribution is -0.293. The minimum atomic E-state index is -5.83. The van der Waals surface area contributed by atoms with Gasteiger partial charge >= 0.3 is 12.1 Å². The number of likely N-dealkylation sites (tertiary alicyclic amines) is 1. The van der Waals surface area contributed by atoms with Gasteiger partial charge in [-0.05, 0) is 80.3 Å². The lowest BCUT2D eigenvalue weighted by Crippen LogP contribution is -2.37. The molecule has 1 saturated heterocycles. The number of fused-ring (bicyclic) bond motifs is 1. The number of aromatic nitrogens is 4. The van der Waals surface area contributed by atoms with E-state index in [0.29, 0.717) is 16.9 Å². The van der Waals surface area contributed by atoms with Crippen LogP contribution >= 0.6 is 0 Å². The van der Waals surface area contributed by atoms with Crippen molar-refractivity contribution in [3.8, 4) is 11.4 Å². The fourth-order valence-electron chi connectivity index (χ4n) is 4.96. The Kier molecular flexibility index (Phi) is 7.93. The molecule has 0 bridgehead atoms. The third-order valence-electron chi connectivity index (χ3n) is 7.00. The van der Waals surface area contributed by atoms with E-state index in [1.165, 1.54) is 18.2 Å². The van der Waals surface area contributed by atoms with Gasteiger partial charge in [-0.3, -0.25) is 9.47 Å². The summed E-state index contributed by atoms with van der Waals surface area (Å²) in [5.41, 5.74) is 5.24. The summed E-state index contributed by atoms with van der Waals surface area (Å²) in [6, 6.07) is 8.03. The van der Waals surface area contributed by atoms with Crippen LogP contribution in [-0.2, 0) is 12.5 Å². The predicted molar refractivity (Wildman–Crippen MR) is 144 cm³/mol. The van der Waals surface area contributed by atoms with Gasteiger partial charge in [0.05, 0.1) is 17.6 Å². The third kappa shape index (κ3) is 6.01. The summed E-state index contributed by atoms with van der Waals surface area (Å²) in [6.07, 6.45) is 5.63. The fourth-order valence-corrected chi connectivity index (χ4v) is 4.96. The molecular weight excluding hydrogens is 541 g/mol. The predicted octanol–water partition coefficient (Wildman–Crippen LogP) is 6.89. The van der Waals surface area contributed by atoms with Gasteiger partial charge in [-0.2, -0.15) is 32.1 Å². The monoisotopic (exact) mass is 569 g/mol. The van der Waals surface area contributed by atoms with Crippen molar-refractivity contribution >= 4 is 11.6 Å². The first-order chi connectivity index (χ1) is 19.6. The highest BCUT2D eigenvalue weighted by Gasteiger charge is 2.62. The highest BCUT2D eigenvalue weighted by Crippen LogP contribution is 2.46. The number of piperidine rings is 1. The number of ether oxygens (including phenoxy) is 1. The lowest BCUT2D eigenvalue weighted by atomic mass is 10.1. The molecule has 0 saturated carbocycles. The molecule has 0 radical (unpaired) electrons. The van der Waals surface area contributed by atoms with Crippen LogP contribution in [0.1, 0.15) is 49.5 Å². The molecule has 1 aliphatic heterocycles. The van der Waals surface area contributed by atoms with Gasteiger partial charge in [0.15, 0.2) is 5.82 Å². The van der Waals surface area contributed by atoms with E-state index in [2.05, 4.69) is 25.8 Å². The molecule has 3 heterocycles. The number of nitrogens with zero attached hydrogens (tertiary/aromatic N) is 5. The average Bonchev–Trinajstić information content (AvgIpc) is 3.26. The van der Waals surface area contributed by atoms with Gasteiger partial charge in [-0.1, -0.05) is 12.2 Å². The number of allylic oxidation sites excluding steroid dienone is 4. The van der Waals surface area contributed by atoms with Crippen LogP contribution in [0.4, 0.5) is 22.0 Å². The first-order valence-corrected chi connectivity index (χ1v) is 13.2. The van der Waals surface area contributed by atoms with Crippen LogP contribution in [0.25, 0.3) is 17.3 Å². The second-order valence-electron chi connectivity index (χ2n) is 9.97. The molecule has 11 heteroatoms. The molecule has 0 amide bonds. The largest absolute Gasteiger partial charge is 0.490 e. The van der Waals surface area contributed by atoms with E-state index in [-0.39, 0.29) is 23.2 Å². The van der Waals surface area contributed by atoms with Crippen LogP contribution in [-0.4, -0.2) is 50.0 Å². The number of imidazole rings is 1. The highest BCUT2D eigenvalue weighted by atomic mass is 19.4. The first-order valence-electron chi connectivity index (χ1n) is 13.2. The maximum absolute atomic E-state index is 14.8. The zero-order valence-corrected chi connectivity index (χ0v) is 22.5. The zero-order valence-electron chi connectivity index (χ0n) is 22.5. The minimum Gasteiger partial charge on any atom is -0.490 e. The summed E-state index contributed by atoms with van der Waals surface area (Å²) in [7, 11) is 0. The van der Waals surface area contributed by atoms with Gasteiger partial charge in [-0.15, -0.1) is 5.73 Å². The van der Waals surface area contributed by atoms with Crippen molar-refractivity contribution in [3.05, 3.63) is 95.0 Å². The molecule has 2 aromatic heterocycles. The molecule has 0 spiro atoms. The Morgan fingerprint density at radius 2 is 1.78 bits per heavy atom. The van der Waals surface area contributed by atoms with Crippen molar-refractivity contribution in [1.29, 1.82) is 0 Å². The number of rotatable bonds is 7. The van der Waals surface area contributed by atoms with E-state index in [4.69, 9.17) is 4.74 Å². The van der Waals surface area contributed by atoms with Crippen LogP contribution in [0.5, 0.6) is 5.75 Å². The fraction of sp³-hybridized carbons (Fsp3) is 0.333. The normalized spacial score (nSPS) is 16.9. The average molecular weight is 570 g/mol. The molecule has 0 atom stereocenters. The van der Waals surface area contributed by atoms with E-state index in [0.717, 1.165) is 42.6 Å². The van der Waals surface area contributed by atoms with E-state index < -0.39 is 17.9 Å². The standard InChI is InChI=1S/C30H28F5N5O/c1-3-4-21-6-5-20(2)27-26(17-21)38-28(29(31,32)30(33,34)35)40(27)23-7-9-24(10-8-23)41-25-12-15-39(16-13-25)19-22-11-14-36-37-18-22/h3-4,6-11,14,17-18,25H,12-13,15-16,19H2,1-2H3/b4-3+. The van der Waals surface area contributed by atoms with Crippen LogP contribution < -0.4 is 4.74 Å². The second-order valence-corrected chi connectivity index (χ2v) is 9.97. The van der Waals surface area contributed by atoms with E-state index in [9.17, 15) is 22.0 Å². The topological polar surface area (TPSA) is 56.1 Å². The molecule has 1 aromatic carbocycles. The van der Waals surface area contributed by atoms with Crippen LogP contribution in [0, 0.1) is 0 Å². The molecule has 2 aliphatic rings. The Bertz CT molecular complexity index is 1510. The number of alkyl halides is 5. The summed E-state index contributed by atoms with van der Waals surface area (Å²) in [4.78, 5) is 6.12. The molecular formula is C30H28F5N5O. The Balaban J connectivity index is 1.40. The van der Waals surface area contributed by atoms with Gasteiger partial charge in [-0.25, -0.2) is 4.98 Å². The Labute approximate surface area is 234 Å². The molecule has 3 aromatic rings. The first kappa shape index (κ1) is 28.4. The molecule has 0 unspecified atom stereocenters. The van der Waals surface area contributed by atoms with Crippen LogP contribution in [0.2, 0.25) is 0 Å². The second kappa shape index (κ2) is 11.4. The van der Waals surface area contributed by atoms with E-state index >= 15 is 0 Å².